The number of hydrogen-bond donors (Lipinski definition) is 1. The Balaban J connectivity index is 1.38. The van der Waals surface area contributed by atoms with Gasteiger partial charge >= 0.3 is 5.69 Å². The minimum absolute atomic E-state index is 0.0956. The SMILES string of the molecule is COc1cccc(OCc2cc(/C=N/NC(=O)c3cccc(Cn4cc([N+](=O)[O-])cn4)c3)ccc2OC)c1. The molecule has 1 N–H and O–H groups in total. The van der Waals surface area contributed by atoms with E-state index in [9.17, 15) is 14.9 Å². The molecule has 0 aliphatic heterocycles. The summed E-state index contributed by atoms with van der Waals surface area (Å²) < 4.78 is 18.0. The van der Waals surface area contributed by atoms with Gasteiger partial charge in [0.1, 0.15) is 36.2 Å². The number of nitrogens with one attached hydrogen (secondary N) is 1. The van der Waals surface area contributed by atoms with E-state index >= 15 is 0 Å². The minimum Gasteiger partial charge on any atom is -0.497 e. The van der Waals surface area contributed by atoms with Crippen molar-refractivity contribution in [1.29, 1.82) is 0 Å². The summed E-state index contributed by atoms with van der Waals surface area (Å²) in [7, 11) is 3.18. The molecule has 0 saturated carbocycles. The maximum Gasteiger partial charge on any atom is 0.307 e. The molecule has 1 heterocycles. The predicted octanol–water partition coefficient (Wildman–Crippen LogP) is 4.20. The van der Waals surface area contributed by atoms with Gasteiger partial charge in [0.05, 0.1) is 31.9 Å². The zero-order chi connectivity index (χ0) is 26.9. The van der Waals surface area contributed by atoms with Gasteiger partial charge in [0.2, 0.25) is 0 Å². The number of benzene rings is 3. The third-order valence-corrected chi connectivity index (χ3v) is 5.48. The summed E-state index contributed by atoms with van der Waals surface area (Å²) in [6, 6.07) is 19.7. The zero-order valence-electron chi connectivity index (χ0n) is 20.7. The van der Waals surface area contributed by atoms with E-state index in [0.29, 0.717) is 22.8 Å². The number of nitrogens with zero attached hydrogens (tertiary/aromatic N) is 4. The van der Waals surface area contributed by atoms with E-state index < -0.39 is 10.8 Å². The highest BCUT2D eigenvalue weighted by Gasteiger charge is 2.11. The Morgan fingerprint density at radius 1 is 1.08 bits per heavy atom. The van der Waals surface area contributed by atoms with Crippen LogP contribution in [0.4, 0.5) is 5.69 Å². The van der Waals surface area contributed by atoms with Crippen molar-refractivity contribution in [2.24, 2.45) is 5.10 Å². The summed E-state index contributed by atoms with van der Waals surface area (Å²) in [5, 5.41) is 18.9. The molecule has 11 nitrogen and oxygen atoms in total. The van der Waals surface area contributed by atoms with E-state index in [2.05, 4.69) is 15.6 Å². The van der Waals surface area contributed by atoms with Gasteiger partial charge in [-0.05, 0) is 53.6 Å². The molecule has 0 spiro atoms. The first kappa shape index (κ1) is 25.9. The molecular formula is C27H25N5O6. The van der Waals surface area contributed by atoms with Gasteiger partial charge in [-0.15, -0.1) is 0 Å². The summed E-state index contributed by atoms with van der Waals surface area (Å²) in [6.07, 6.45) is 4.04. The average molecular weight is 516 g/mol. The highest BCUT2D eigenvalue weighted by Crippen LogP contribution is 2.24. The Morgan fingerprint density at radius 2 is 1.89 bits per heavy atom. The molecule has 1 amide bonds. The molecule has 0 bridgehead atoms. The molecule has 0 unspecified atom stereocenters. The van der Waals surface area contributed by atoms with Crippen LogP contribution in [0, 0.1) is 10.1 Å². The van der Waals surface area contributed by atoms with Crippen LogP contribution in [0.15, 0.2) is 84.2 Å². The van der Waals surface area contributed by atoms with Gasteiger partial charge in [-0.25, -0.2) is 5.43 Å². The number of amides is 1. The maximum atomic E-state index is 12.6. The highest BCUT2D eigenvalue weighted by molar-refractivity contribution is 5.95. The normalized spacial score (nSPS) is 10.8. The molecule has 11 heteroatoms. The lowest BCUT2D eigenvalue weighted by atomic mass is 10.1. The number of hydrogen-bond acceptors (Lipinski definition) is 8. The third-order valence-electron chi connectivity index (χ3n) is 5.48. The molecule has 3 aromatic carbocycles. The molecule has 0 fully saturated rings. The third kappa shape index (κ3) is 6.72. The molecule has 0 radical (unpaired) electrons. The number of aromatic nitrogens is 2. The van der Waals surface area contributed by atoms with Crippen molar-refractivity contribution < 1.29 is 23.9 Å². The van der Waals surface area contributed by atoms with Crippen LogP contribution in [0.1, 0.15) is 27.0 Å². The van der Waals surface area contributed by atoms with Crippen LogP contribution in [0.5, 0.6) is 17.2 Å². The van der Waals surface area contributed by atoms with Crippen molar-refractivity contribution in [3.05, 3.63) is 111 Å². The van der Waals surface area contributed by atoms with Crippen molar-refractivity contribution in [2.75, 3.05) is 14.2 Å². The van der Waals surface area contributed by atoms with E-state index in [-0.39, 0.29) is 18.8 Å². The van der Waals surface area contributed by atoms with Crippen LogP contribution < -0.4 is 19.6 Å². The Bertz CT molecular complexity index is 1470. The number of nitro groups is 1. The van der Waals surface area contributed by atoms with Gasteiger partial charge < -0.3 is 14.2 Å². The number of ether oxygens (including phenoxy) is 3. The van der Waals surface area contributed by atoms with E-state index in [1.807, 2.05) is 30.3 Å². The maximum absolute atomic E-state index is 12.6. The van der Waals surface area contributed by atoms with Gasteiger partial charge in [-0.1, -0.05) is 18.2 Å². The number of carbonyl (C=O) groups is 1. The van der Waals surface area contributed by atoms with Crippen LogP contribution in [-0.2, 0) is 13.2 Å². The van der Waals surface area contributed by atoms with Crippen LogP contribution in [0.25, 0.3) is 0 Å². The molecule has 0 aliphatic carbocycles. The molecule has 38 heavy (non-hydrogen) atoms. The van der Waals surface area contributed by atoms with Crippen LogP contribution in [0.3, 0.4) is 0 Å². The second-order valence-electron chi connectivity index (χ2n) is 8.09. The van der Waals surface area contributed by atoms with Gasteiger partial charge in [0, 0.05) is 17.2 Å². The van der Waals surface area contributed by atoms with E-state index in [0.717, 1.165) is 16.7 Å². The molecule has 1 aromatic heterocycles. The second kappa shape index (κ2) is 12.2. The summed E-state index contributed by atoms with van der Waals surface area (Å²) in [4.78, 5) is 23.0. The van der Waals surface area contributed by atoms with Gasteiger partial charge in [0.25, 0.3) is 5.91 Å². The summed E-state index contributed by atoms with van der Waals surface area (Å²) in [5.41, 5.74) is 5.12. The average Bonchev–Trinajstić information content (AvgIpc) is 3.41. The molecule has 0 aliphatic rings. The van der Waals surface area contributed by atoms with Crippen molar-refractivity contribution in [3.63, 3.8) is 0 Å². The lowest BCUT2D eigenvalue weighted by molar-refractivity contribution is -0.385. The van der Waals surface area contributed by atoms with Gasteiger partial charge in [-0.3, -0.25) is 19.6 Å². The number of methoxy groups -OCH3 is 2. The Kier molecular flexibility index (Phi) is 8.29. The molecule has 0 saturated heterocycles. The monoisotopic (exact) mass is 515 g/mol. The first-order valence-electron chi connectivity index (χ1n) is 11.5. The second-order valence-corrected chi connectivity index (χ2v) is 8.09. The topological polar surface area (TPSA) is 130 Å². The largest absolute Gasteiger partial charge is 0.497 e. The number of carbonyl (C=O) groups excluding carboxylic acids is 1. The fourth-order valence-electron chi connectivity index (χ4n) is 3.61. The Labute approximate surface area is 218 Å². The van der Waals surface area contributed by atoms with Crippen LogP contribution in [-0.4, -0.2) is 41.0 Å². The minimum atomic E-state index is -0.509. The zero-order valence-corrected chi connectivity index (χ0v) is 20.7. The molecule has 194 valence electrons. The fourth-order valence-corrected chi connectivity index (χ4v) is 3.61. The van der Waals surface area contributed by atoms with Gasteiger partial charge in [-0.2, -0.15) is 10.2 Å². The predicted molar refractivity (Wildman–Crippen MR) is 140 cm³/mol. The molecule has 0 atom stereocenters. The first-order valence-corrected chi connectivity index (χ1v) is 11.5. The van der Waals surface area contributed by atoms with E-state index in [1.165, 1.54) is 23.3 Å². The van der Waals surface area contributed by atoms with Crippen molar-refractivity contribution in [2.45, 2.75) is 13.2 Å². The van der Waals surface area contributed by atoms with E-state index in [4.69, 9.17) is 14.2 Å². The van der Waals surface area contributed by atoms with Crippen molar-refractivity contribution >= 4 is 17.8 Å². The van der Waals surface area contributed by atoms with Gasteiger partial charge in [0.15, 0.2) is 0 Å². The molecular weight excluding hydrogens is 490 g/mol. The standard InChI is InChI=1S/C27H25N5O6/c1-36-24-7-4-8-25(13-24)38-18-22-11-19(9-10-26(22)37-2)14-28-30-27(33)21-6-3-5-20(12-21)16-31-17-23(15-29-31)32(34)35/h3-15,17H,16,18H2,1-2H3,(H,30,33)/b28-14+. The first-order chi connectivity index (χ1) is 18.4. The Morgan fingerprint density at radius 3 is 2.66 bits per heavy atom. The quantitative estimate of drug-likeness (QED) is 0.180. The molecule has 4 aromatic rings. The number of rotatable bonds is 11. The number of hydrazone groups is 1. The summed E-state index contributed by atoms with van der Waals surface area (Å²) in [6.45, 7) is 0.543. The Hall–Kier alpha value is -5.19. The highest BCUT2D eigenvalue weighted by atomic mass is 16.6. The van der Waals surface area contributed by atoms with Crippen LogP contribution >= 0.6 is 0 Å². The lowest BCUT2D eigenvalue weighted by Crippen LogP contribution is -2.18. The molecule has 4 rings (SSSR count). The smallest absolute Gasteiger partial charge is 0.307 e. The lowest BCUT2D eigenvalue weighted by Gasteiger charge is -2.12. The van der Waals surface area contributed by atoms with Crippen molar-refractivity contribution in [1.82, 2.24) is 15.2 Å². The van der Waals surface area contributed by atoms with E-state index in [1.54, 1.807) is 50.6 Å². The summed E-state index contributed by atoms with van der Waals surface area (Å²) in [5.74, 6) is 1.62. The van der Waals surface area contributed by atoms with Crippen molar-refractivity contribution in [3.8, 4) is 17.2 Å². The summed E-state index contributed by atoms with van der Waals surface area (Å²) >= 11 is 0. The van der Waals surface area contributed by atoms with Crippen LogP contribution in [0.2, 0.25) is 0 Å². The fraction of sp³-hybridized carbons (Fsp3) is 0.148.